The molecule has 36 heavy (non-hydrogen) atoms. The Morgan fingerprint density at radius 1 is 0.694 bits per heavy atom. The van der Waals surface area contributed by atoms with Gasteiger partial charge in [0.1, 0.15) is 0 Å². The van der Waals surface area contributed by atoms with Crippen LogP contribution in [0.1, 0.15) is 56.9 Å². The monoisotopic (exact) mass is 506 g/mol. The summed E-state index contributed by atoms with van der Waals surface area (Å²) < 4.78 is 2.71. The van der Waals surface area contributed by atoms with Crippen LogP contribution in [0.15, 0.2) is 97.1 Å². The van der Waals surface area contributed by atoms with Crippen LogP contribution in [0.2, 0.25) is 0 Å². The Morgan fingerprint density at radius 2 is 1.28 bits per heavy atom. The Balaban J connectivity index is 2.22. The minimum atomic E-state index is 1.27. The minimum absolute atomic E-state index is 1.27. The van der Waals surface area contributed by atoms with Gasteiger partial charge in [-0.15, -0.1) is 22.7 Å². The molecule has 4 rings (SSSR count). The van der Waals surface area contributed by atoms with E-state index >= 15 is 0 Å². The summed E-state index contributed by atoms with van der Waals surface area (Å²) in [4.78, 5) is 2.62. The predicted octanol–water partition coefficient (Wildman–Crippen LogP) is 11.7. The van der Waals surface area contributed by atoms with Crippen LogP contribution < -0.4 is 0 Å². The van der Waals surface area contributed by atoms with Crippen molar-refractivity contribution >= 4 is 59.6 Å². The lowest BCUT2D eigenvalue weighted by Gasteiger charge is -2.12. The summed E-state index contributed by atoms with van der Waals surface area (Å²) in [6.45, 7) is 12.7. The van der Waals surface area contributed by atoms with E-state index in [4.69, 9.17) is 0 Å². The second kappa shape index (κ2) is 11.7. The van der Waals surface area contributed by atoms with E-state index in [1.807, 2.05) is 22.7 Å². The molecular formula is C34H34S2. The maximum atomic E-state index is 2.41. The molecule has 0 saturated carbocycles. The van der Waals surface area contributed by atoms with Gasteiger partial charge in [-0.05, 0) is 76.0 Å². The second-order valence-corrected chi connectivity index (χ2v) is 10.8. The average molecular weight is 507 g/mol. The van der Waals surface area contributed by atoms with Crippen LogP contribution in [0.25, 0.3) is 48.0 Å². The summed E-state index contributed by atoms with van der Waals surface area (Å²) in [6.07, 6.45) is 19.6. The van der Waals surface area contributed by atoms with Crippen LogP contribution in [0, 0.1) is 0 Å². The maximum absolute atomic E-state index is 2.41. The first-order valence-electron chi connectivity index (χ1n) is 12.5. The molecule has 2 aromatic heterocycles. The Kier molecular flexibility index (Phi) is 8.40. The van der Waals surface area contributed by atoms with Gasteiger partial charge in [-0.3, -0.25) is 0 Å². The molecule has 2 heteroatoms. The Morgan fingerprint density at radius 3 is 1.83 bits per heavy atom. The lowest BCUT2D eigenvalue weighted by molar-refractivity contribution is 1.66. The number of fused-ring (bicyclic) bond motifs is 2. The third-order valence-corrected chi connectivity index (χ3v) is 8.74. The molecule has 0 aliphatic carbocycles. The van der Waals surface area contributed by atoms with Crippen LogP contribution in [-0.4, -0.2) is 0 Å². The van der Waals surface area contributed by atoms with Crippen LogP contribution in [0.3, 0.4) is 0 Å². The van der Waals surface area contributed by atoms with Crippen molar-refractivity contribution in [2.75, 3.05) is 0 Å². The average Bonchev–Trinajstić information content (AvgIpc) is 3.52. The maximum Gasteiger partial charge on any atom is 0.0440 e. The highest BCUT2D eigenvalue weighted by Crippen LogP contribution is 2.49. The molecule has 0 aliphatic rings. The van der Waals surface area contributed by atoms with Crippen molar-refractivity contribution in [1.82, 2.24) is 0 Å². The zero-order valence-electron chi connectivity index (χ0n) is 22.1. The number of hydrogen-bond acceptors (Lipinski definition) is 2. The minimum Gasteiger partial charge on any atom is -0.135 e. The van der Waals surface area contributed by atoms with Gasteiger partial charge >= 0.3 is 0 Å². The summed E-state index contributed by atoms with van der Waals surface area (Å²) in [5.41, 5.74) is 7.80. The highest BCUT2D eigenvalue weighted by atomic mass is 32.1. The molecule has 0 unspecified atom stereocenters. The van der Waals surface area contributed by atoms with Crippen LogP contribution in [0.4, 0.5) is 0 Å². The third kappa shape index (κ3) is 4.89. The van der Waals surface area contributed by atoms with Gasteiger partial charge < -0.3 is 0 Å². The quantitative estimate of drug-likeness (QED) is 0.219. The zero-order chi connectivity index (χ0) is 25.7. The number of rotatable bonds is 7. The van der Waals surface area contributed by atoms with Crippen molar-refractivity contribution < 1.29 is 0 Å². The molecule has 0 saturated heterocycles. The Bertz CT molecular complexity index is 1470. The Labute approximate surface area is 224 Å². The molecule has 2 aromatic carbocycles. The van der Waals surface area contributed by atoms with Crippen molar-refractivity contribution in [3.63, 3.8) is 0 Å². The van der Waals surface area contributed by atoms with Crippen LogP contribution >= 0.6 is 22.7 Å². The summed E-state index contributed by atoms with van der Waals surface area (Å²) in [7, 11) is 0. The molecule has 0 spiro atoms. The van der Waals surface area contributed by atoms with Gasteiger partial charge in [0.05, 0.1) is 0 Å². The smallest absolute Gasteiger partial charge is 0.0440 e. The second-order valence-electron chi connectivity index (χ2n) is 8.69. The molecule has 0 bridgehead atoms. The van der Waals surface area contributed by atoms with Crippen molar-refractivity contribution in [2.24, 2.45) is 0 Å². The first kappa shape index (κ1) is 25.9. The first-order valence-corrected chi connectivity index (χ1v) is 14.2. The van der Waals surface area contributed by atoms with Crippen molar-refractivity contribution in [1.29, 1.82) is 0 Å². The van der Waals surface area contributed by atoms with Crippen LogP contribution in [0.5, 0.6) is 0 Å². The van der Waals surface area contributed by atoms with Crippen molar-refractivity contribution in [2.45, 2.75) is 41.5 Å². The molecule has 0 atom stereocenters. The fraction of sp³-hybridized carbons (Fsp3) is 0.176. The van der Waals surface area contributed by atoms with Gasteiger partial charge in [0.2, 0.25) is 0 Å². The third-order valence-electron chi connectivity index (χ3n) is 6.34. The molecule has 0 fully saturated rings. The lowest BCUT2D eigenvalue weighted by atomic mass is 9.93. The topological polar surface area (TPSA) is 0 Å². The number of benzene rings is 2. The van der Waals surface area contributed by atoms with E-state index < -0.39 is 0 Å². The molecule has 0 radical (unpaired) electrons. The van der Waals surface area contributed by atoms with Gasteiger partial charge in [0, 0.05) is 41.1 Å². The molecular weight excluding hydrogens is 473 g/mol. The highest BCUT2D eigenvalue weighted by molar-refractivity contribution is 7.22. The van der Waals surface area contributed by atoms with Gasteiger partial charge in [0.25, 0.3) is 0 Å². The first-order chi connectivity index (χ1) is 17.6. The summed E-state index contributed by atoms with van der Waals surface area (Å²) in [5.74, 6) is 0. The van der Waals surface area contributed by atoms with E-state index in [9.17, 15) is 0 Å². The molecule has 182 valence electrons. The molecule has 0 aliphatic heterocycles. The normalized spacial score (nSPS) is 14.0. The fourth-order valence-corrected chi connectivity index (χ4v) is 7.31. The zero-order valence-corrected chi connectivity index (χ0v) is 23.7. The Hall–Kier alpha value is -3.20. The van der Waals surface area contributed by atoms with Crippen LogP contribution in [-0.2, 0) is 0 Å². The molecule has 2 heterocycles. The van der Waals surface area contributed by atoms with Gasteiger partial charge in [-0.25, -0.2) is 0 Å². The molecule has 0 nitrogen and oxygen atoms in total. The van der Waals surface area contributed by atoms with Gasteiger partial charge in [0.15, 0.2) is 0 Å². The molecule has 4 aromatic rings. The van der Waals surface area contributed by atoms with E-state index in [0.29, 0.717) is 0 Å². The van der Waals surface area contributed by atoms with E-state index in [2.05, 4.69) is 139 Å². The van der Waals surface area contributed by atoms with Crippen molar-refractivity contribution in [3.05, 3.63) is 112 Å². The van der Waals surface area contributed by atoms with Crippen molar-refractivity contribution in [3.8, 4) is 11.1 Å². The number of thiophene rings is 2. The van der Waals surface area contributed by atoms with E-state index in [1.165, 1.54) is 63.3 Å². The predicted molar refractivity (Wildman–Crippen MR) is 168 cm³/mol. The fourth-order valence-electron chi connectivity index (χ4n) is 4.66. The SMILES string of the molecule is C/C=C\C=C(/C)c1c2cc(C(/C=C\C)=C/C)sc2c(-c2ccccc2)c2cc(C(/C=C\C)=C/C)sc12. The van der Waals surface area contributed by atoms with E-state index in [0.717, 1.165) is 0 Å². The van der Waals surface area contributed by atoms with E-state index in [-0.39, 0.29) is 0 Å². The summed E-state index contributed by atoms with van der Waals surface area (Å²) in [5, 5.41) is 2.67. The standard InChI is InChI=1S/C34H34S2/c1-7-12-18-23(6)31-27-21-29(24(10-4)16-8-2)36-34(27)32(26-19-14-13-15-20-26)28-22-30(35-33(28)31)25(11-5)17-9-3/h7-22H,1-6H3/b12-7-,16-8-,17-9-,23-18+,24-10+,25-11+. The number of hydrogen-bond donors (Lipinski definition) is 0. The number of allylic oxidation sites excluding steroid dienone is 12. The lowest BCUT2D eigenvalue weighted by Crippen LogP contribution is -1.86. The largest absolute Gasteiger partial charge is 0.135 e. The summed E-state index contributed by atoms with van der Waals surface area (Å²) in [6, 6.07) is 15.7. The summed E-state index contributed by atoms with van der Waals surface area (Å²) >= 11 is 3.81. The van der Waals surface area contributed by atoms with E-state index in [1.54, 1.807) is 0 Å². The highest BCUT2D eigenvalue weighted by Gasteiger charge is 2.22. The van der Waals surface area contributed by atoms with Gasteiger partial charge in [-0.1, -0.05) is 85.0 Å². The molecule has 0 N–H and O–H groups in total. The molecule has 0 amide bonds. The van der Waals surface area contributed by atoms with Gasteiger partial charge in [-0.2, -0.15) is 0 Å².